The molecule has 2 aromatic rings. The van der Waals surface area contributed by atoms with E-state index in [-0.39, 0.29) is 5.91 Å². The highest BCUT2D eigenvalue weighted by Crippen LogP contribution is 2.26. The van der Waals surface area contributed by atoms with E-state index >= 15 is 0 Å². The Kier molecular flexibility index (Phi) is 5.12. The van der Waals surface area contributed by atoms with Crippen molar-refractivity contribution in [2.24, 2.45) is 0 Å². The number of likely N-dealkylation sites (tertiary alicyclic amines) is 1. The van der Waals surface area contributed by atoms with E-state index in [1.165, 1.54) is 12.8 Å². The summed E-state index contributed by atoms with van der Waals surface area (Å²) < 4.78 is 4.78. The van der Waals surface area contributed by atoms with Gasteiger partial charge in [-0.15, -0.1) is 0 Å². The van der Waals surface area contributed by atoms with E-state index in [1.54, 1.807) is 0 Å². The Morgan fingerprint density at radius 1 is 0.962 bits per heavy atom. The van der Waals surface area contributed by atoms with Crippen LogP contribution >= 0.6 is 0 Å². The molecule has 0 saturated carbocycles. The van der Waals surface area contributed by atoms with E-state index in [4.69, 9.17) is 4.63 Å². The van der Waals surface area contributed by atoms with E-state index in [0.29, 0.717) is 17.7 Å². The Balaban J connectivity index is 1.45. The van der Waals surface area contributed by atoms with Gasteiger partial charge in [0, 0.05) is 39.1 Å². The molecule has 0 aromatic carbocycles. The number of nitrogens with one attached hydrogen (secondary N) is 1. The van der Waals surface area contributed by atoms with Crippen molar-refractivity contribution in [2.75, 3.05) is 42.9 Å². The monoisotopic (exact) mass is 359 g/mol. The predicted octanol–water partition coefficient (Wildman–Crippen LogP) is 1.82. The average Bonchev–Trinajstić information content (AvgIpc) is 3.18. The first-order valence-corrected chi connectivity index (χ1v) is 9.58. The molecule has 4 heterocycles. The predicted molar refractivity (Wildman–Crippen MR) is 97.0 cm³/mol. The average molecular weight is 359 g/mol. The third kappa shape index (κ3) is 3.71. The number of carbonyl (C=O) groups excluding carboxylic acids is 1. The molecule has 0 bridgehead atoms. The fourth-order valence-corrected chi connectivity index (χ4v) is 3.67. The van der Waals surface area contributed by atoms with Crippen molar-refractivity contribution in [2.45, 2.75) is 44.9 Å². The van der Waals surface area contributed by atoms with Crippen LogP contribution in [0.3, 0.4) is 0 Å². The summed E-state index contributed by atoms with van der Waals surface area (Å²) in [5.74, 6) is 1.82. The van der Waals surface area contributed by atoms with Crippen molar-refractivity contribution in [1.82, 2.24) is 25.2 Å². The number of amides is 1. The van der Waals surface area contributed by atoms with Gasteiger partial charge in [-0.05, 0) is 36.0 Å². The van der Waals surface area contributed by atoms with Crippen LogP contribution in [0.4, 0.5) is 11.6 Å². The van der Waals surface area contributed by atoms with Crippen molar-refractivity contribution >= 4 is 28.8 Å². The summed E-state index contributed by atoms with van der Waals surface area (Å²) in [6, 6.07) is 0. The van der Waals surface area contributed by atoms with E-state index in [9.17, 15) is 4.79 Å². The van der Waals surface area contributed by atoms with Crippen LogP contribution in [0.2, 0.25) is 0 Å². The molecule has 26 heavy (non-hydrogen) atoms. The zero-order valence-corrected chi connectivity index (χ0v) is 15.0. The van der Waals surface area contributed by atoms with E-state index in [1.807, 2.05) is 4.90 Å². The largest absolute Gasteiger partial charge is 0.367 e. The number of nitrogens with zero attached hydrogens (tertiary/aromatic N) is 6. The lowest BCUT2D eigenvalue weighted by Crippen LogP contribution is -2.28. The molecule has 2 saturated heterocycles. The Hall–Kier alpha value is -2.45. The first-order chi connectivity index (χ1) is 12.8. The summed E-state index contributed by atoms with van der Waals surface area (Å²) in [7, 11) is 0. The fourth-order valence-electron chi connectivity index (χ4n) is 3.67. The summed E-state index contributed by atoms with van der Waals surface area (Å²) in [6.07, 6.45) is 7.37. The minimum absolute atomic E-state index is 0.269. The number of aromatic nitrogens is 4. The van der Waals surface area contributed by atoms with Crippen LogP contribution in [-0.2, 0) is 4.79 Å². The molecule has 0 atom stereocenters. The van der Waals surface area contributed by atoms with Crippen molar-refractivity contribution in [3.05, 3.63) is 0 Å². The molecule has 9 nitrogen and oxygen atoms in total. The second kappa shape index (κ2) is 7.84. The number of hydrogen-bond acceptors (Lipinski definition) is 8. The van der Waals surface area contributed by atoms with Gasteiger partial charge < -0.3 is 15.1 Å². The van der Waals surface area contributed by atoms with Crippen LogP contribution in [0.5, 0.6) is 0 Å². The zero-order valence-electron chi connectivity index (χ0n) is 15.0. The van der Waals surface area contributed by atoms with E-state index in [0.717, 1.165) is 70.0 Å². The molecule has 2 aromatic heterocycles. The standard InChI is InChI=1S/C17H25N7O2/c25-13-7-5-11-23(13)12-6-8-18-16-17(24-9-3-1-2-4-10-24)20-15-14(19-16)21-26-22-15/h1-12H2,(H,18,19,21). The molecule has 0 unspecified atom stereocenters. The minimum Gasteiger partial charge on any atom is -0.367 e. The lowest BCUT2D eigenvalue weighted by molar-refractivity contribution is -0.127. The van der Waals surface area contributed by atoms with Crippen LogP contribution in [-0.4, -0.2) is 63.8 Å². The third-order valence-electron chi connectivity index (χ3n) is 5.07. The molecule has 0 aliphatic carbocycles. The van der Waals surface area contributed by atoms with Gasteiger partial charge in [0.1, 0.15) is 0 Å². The molecule has 1 amide bonds. The smallest absolute Gasteiger partial charge is 0.245 e. The van der Waals surface area contributed by atoms with Gasteiger partial charge in [-0.25, -0.2) is 14.6 Å². The summed E-state index contributed by atoms with van der Waals surface area (Å²) >= 11 is 0. The Morgan fingerprint density at radius 3 is 2.46 bits per heavy atom. The van der Waals surface area contributed by atoms with Crippen LogP contribution in [0, 0.1) is 0 Å². The van der Waals surface area contributed by atoms with Gasteiger partial charge in [0.25, 0.3) is 0 Å². The first-order valence-electron chi connectivity index (χ1n) is 9.58. The summed E-state index contributed by atoms with van der Waals surface area (Å²) in [4.78, 5) is 25.1. The molecule has 0 radical (unpaired) electrons. The van der Waals surface area contributed by atoms with Crippen LogP contribution in [0.1, 0.15) is 44.9 Å². The number of carbonyl (C=O) groups is 1. The fraction of sp³-hybridized carbons (Fsp3) is 0.706. The molecule has 4 rings (SSSR count). The Morgan fingerprint density at radius 2 is 1.73 bits per heavy atom. The highest BCUT2D eigenvalue weighted by molar-refractivity contribution is 5.78. The highest BCUT2D eigenvalue weighted by atomic mass is 16.6. The van der Waals surface area contributed by atoms with Gasteiger partial charge in [-0.3, -0.25) is 4.79 Å². The molecular weight excluding hydrogens is 334 g/mol. The molecule has 1 N–H and O–H groups in total. The summed E-state index contributed by atoms with van der Waals surface area (Å²) in [5, 5.41) is 11.0. The molecular formula is C17H25N7O2. The van der Waals surface area contributed by atoms with Crippen molar-refractivity contribution in [3.63, 3.8) is 0 Å². The van der Waals surface area contributed by atoms with Crippen molar-refractivity contribution in [3.8, 4) is 0 Å². The van der Waals surface area contributed by atoms with Crippen molar-refractivity contribution in [1.29, 1.82) is 0 Å². The first kappa shape index (κ1) is 17.0. The van der Waals surface area contributed by atoms with Crippen LogP contribution in [0.15, 0.2) is 4.63 Å². The molecule has 140 valence electrons. The maximum Gasteiger partial charge on any atom is 0.245 e. The van der Waals surface area contributed by atoms with Crippen molar-refractivity contribution < 1.29 is 9.42 Å². The third-order valence-corrected chi connectivity index (χ3v) is 5.07. The molecule has 0 spiro atoms. The maximum absolute atomic E-state index is 11.7. The molecule has 2 fully saturated rings. The van der Waals surface area contributed by atoms with E-state index < -0.39 is 0 Å². The second-order valence-electron chi connectivity index (χ2n) is 6.97. The second-order valence-corrected chi connectivity index (χ2v) is 6.97. The number of anilines is 2. The zero-order chi connectivity index (χ0) is 17.8. The minimum atomic E-state index is 0.269. The lowest BCUT2D eigenvalue weighted by Gasteiger charge is -2.23. The molecule has 2 aliphatic heterocycles. The van der Waals surface area contributed by atoms with Crippen LogP contribution in [0.25, 0.3) is 11.3 Å². The van der Waals surface area contributed by atoms with E-state index in [2.05, 4.69) is 30.5 Å². The summed E-state index contributed by atoms with van der Waals surface area (Å²) in [5.41, 5.74) is 0.859. The molecule has 2 aliphatic rings. The lowest BCUT2D eigenvalue weighted by atomic mass is 10.2. The van der Waals surface area contributed by atoms with Crippen LogP contribution < -0.4 is 10.2 Å². The highest BCUT2D eigenvalue weighted by Gasteiger charge is 2.21. The van der Waals surface area contributed by atoms with Gasteiger partial charge >= 0.3 is 0 Å². The van der Waals surface area contributed by atoms with Gasteiger partial charge in [-0.1, -0.05) is 12.8 Å². The Labute approximate surface area is 152 Å². The maximum atomic E-state index is 11.7. The number of fused-ring (bicyclic) bond motifs is 1. The Bertz CT molecular complexity index is 755. The van der Waals surface area contributed by atoms with Gasteiger partial charge in [0.05, 0.1) is 0 Å². The quantitative estimate of drug-likeness (QED) is 0.780. The van der Waals surface area contributed by atoms with Gasteiger partial charge in [-0.2, -0.15) is 0 Å². The normalized spacial score (nSPS) is 18.5. The van der Waals surface area contributed by atoms with Gasteiger partial charge in [0.15, 0.2) is 11.6 Å². The summed E-state index contributed by atoms with van der Waals surface area (Å²) in [6.45, 7) is 4.35. The topological polar surface area (TPSA) is 100 Å². The number of rotatable bonds is 6. The number of hydrogen-bond donors (Lipinski definition) is 1. The van der Waals surface area contributed by atoms with Gasteiger partial charge in [0.2, 0.25) is 17.2 Å². The molecule has 9 heteroatoms. The SMILES string of the molecule is O=C1CCCN1CCCNc1nc2nonc2nc1N1CCCCCC1.